The van der Waals surface area contributed by atoms with Crippen molar-refractivity contribution in [2.24, 2.45) is 0 Å². The lowest BCUT2D eigenvalue weighted by molar-refractivity contribution is 0.415. The summed E-state index contributed by atoms with van der Waals surface area (Å²) in [5.74, 6) is 1.94. The second-order valence-corrected chi connectivity index (χ2v) is 6.76. The highest BCUT2D eigenvalue weighted by atomic mass is 32.1. The molecule has 23 heavy (non-hydrogen) atoms. The Labute approximate surface area is 138 Å². The second kappa shape index (κ2) is 5.70. The van der Waals surface area contributed by atoms with Gasteiger partial charge in [0, 0.05) is 10.6 Å². The maximum Gasteiger partial charge on any atom is 0.223 e. The normalized spacial score (nSPS) is 13.8. The zero-order valence-corrected chi connectivity index (χ0v) is 13.7. The van der Waals surface area contributed by atoms with Gasteiger partial charge in [-0.3, -0.25) is 0 Å². The van der Waals surface area contributed by atoms with Crippen LogP contribution in [-0.2, 0) is 12.8 Å². The molecule has 0 saturated heterocycles. The van der Waals surface area contributed by atoms with Gasteiger partial charge in [0.1, 0.15) is 16.4 Å². The van der Waals surface area contributed by atoms with E-state index < -0.39 is 0 Å². The van der Waals surface area contributed by atoms with Crippen molar-refractivity contribution >= 4 is 39.0 Å². The fraction of sp³-hybridized carbons (Fsp3) is 0.294. The first kappa shape index (κ1) is 14.3. The van der Waals surface area contributed by atoms with Gasteiger partial charge in [-0.15, -0.1) is 11.3 Å². The van der Waals surface area contributed by atoms with Gasteiger partial charge in [0.2, 0.25) is 5.95 Å². The van der Waals surface area contributed by atoms with Crippen LogP contribution in [0.4, 0.5) is 17.5 Å². The van der Waals surface area contributed by atoms with E-state index in [2.05, 4.69) is 15.3 Å². The summed E-state index contributed by atoms with van der Waals surface area (Å²) >= 11 is 1.75. The molecule has 0 amide bonds. The Morgan fingerprint density at radius 1 is 1.13 bits per heavy atom. The Bertz CT molecular complexity index is 857. The number of hydrogen-bond acceptors (Lipinski definition) is 6. The summed E-state index contributed by atoms with van der Waals surface area (Å²) in [5.41, 5.74) is 8.26. The Morgan fingerprint density at radius 3 is 2.70 bits per heavy atom. The molecule has 2 heterocycles. The summed E-state index contributed by atoms with van der Waals surface area (Å²) in [6.07, 6.45) is 4.72. The van der Waals surface area contributed by atoms with Crippen LogP contribution < -0.4 is 15.8 Å². The van der Waals surface area contributed by atoms with Gasteiger partial charge < -0.3 is 15.8 Å². The smallest absolute Gasteiger partial charge is 0.223 e. The topological polar surface area (TPSA) is 73.1 Å². The number of ether oxygens (including phenoxy) is 1. The van der Waals surface area contributed by atoms with Crippen LogP contribution in [0, 0.1) is 0 Å². The summed E-state index contributed by atoms with van der Waals surface area (Å²) < 4.78 is 5.20. The average Bonchev–Trinajstić information content (AvgIpc) is 2.93. The molecule has 4 rings (SSSR count). The standard InChI is InChI=1S/C17H18N4OS/c1-22-11-8-6-10(7-9-11)19-15-14-12-4-2-3-5-13(12)23-16(14)21-17(18)20-15/h6-9H,2-5H2,1H3,(H3,18,19,20,21). The number of anilines is 3. The molecule has 3 aromatic rings. The number of benzene rings is 1. The van der Waals surface area contributed by atoms with E-state index in [-0.39, 0.29) is 0 Å². The number of aryl methyl sites for hydroxylation is 2. The van der Waals surface area contributed by atoms with E-state index in [0.717, 1.165) is 40.3 Å². The number of nitrogens with one attached hydrogen (secondary N) is 1. The molecule has 6 heteroatoms. The monoisotopic (exact) mass is 326 g/mol. The van der Waals surface area contributed by atoms with Gasteiger partial charge in [-0.2, -0.15) is 4.98 Å². The van der Waals surface area contributed by atoms with Crippen LogP contribution in [0.2, 0.25) is 0 Å². The molecule has 1 aliphatic carbocycles. The summed E-state index contributed by atoms with van der Waals surface area (Å²) in [7, 11) is 1.66. The minimum Gasteiger partial charge on any atom is -0.497 e. The van der Waals surface area contributed by atoms with E-state index in [9.17, 15) is 0 Å². The third-order valence-corrected chi connectivity index (χ3v) is 5.37. The highest BCUT2D eigenvalue weighted by Crippen LogP contribution is 2.39. The highest BCUT2D eigenvalue weighted by molar-refractivity contribution is 7.19. The number of rotatable bonds is 3. The maximum absolute atomic E-state index is 5.91. The Balaban J connectivity index is 1.79. The molecule has 118 valence electrons. The molecule has 2 aromatic heterocycles. The summed E-state index contributed by atoms with van der Waals surface area (Å²) in [5, 5.41) is 4.53. The molecule has 1 aliphatic rings. The van der Waals surface area contributed by atoms with Crippen molar-refractivity contribution in [1.82, 2.24) is 9.97 Å². The number of nitrogen functional groups attached to an aromatic ring is 1. The van der Waals surface area contributed by atoms with Gasteiger partial charge >= 0.3 is 0 Å². The zero-order chi connectivity index (χ0) is 15.8. The molecule has 0 radical (unpaired) electrons. The predicted molar refractivity (Wildman–Crippen MR) is 94.7 cm³/mol. The van der Waals surface area contributed by atoms with E-state index in [1.165, 1.54) is 23.3 Å². The number of methoxy groups -OCH3 is 1. The van der Waals surface area contributed by atoms with Crippen LogP contribution in [0.15, 0.2) is 24.3 Å². The third-order valence-electron chi connectivity index (χ3n) is 4.18. The van der Waals surface area contributed by atoms with Gasteiger partial charge in [0.25, 0.3) is 0 Å². The molecule has 0 unspecified atom stereocenters. The number of thiophene rings is 1. The first-order chi connectivity index (χ1) is 11.2. The molecule has 0 spiro atoms. The summed E-state index contributed by atoms with van der Waals surface area (Å²) in [6, 6.07) is 7.80. The first-order valence-corrected chi connectivity index (χ1v) is 8.55. The van der Waals surface area contributed by atoms with Gasteiger partial charge in [-0.25, -0.2) is 4.98 Å². The molecule has 0 aliphatic heterocycles. The SMILES string of the molecule is COc1ccc(Nc2nc(N)nc3sc4c(c23)CCCC4)cc1. The quantitative estimate of drug-likeness (QED) is 0.763. The molecule has 0 atom stereocenters. The summed E-state index contributed by atoms with van der Waals surface area (Å²) in [6.45, 7) is 0. The van der Waals surface area contributed by atoms with Crippen molar-refractivity contribution in [3.63, 3.8) is 0 Å². The molecular formula is C17H18N4OS. The molecule has 5 nitrogen and oxygen atoms in total. The van der Waals surface area contributed by atoms with Crippen LogP contribution in [0.3, 0.4) is 0 Å². The fourth-order valence-corrected chi connectivity index (χ4v) is 4.34. The minimum absolute atomic E-state index is 0.312. The minimum atomic E-state index is 0.312. The van der Waals surface area contributed by atoms with Crippen LogP contribution in [0.1, 0.15) is 23.3 Å². The largest absolute Gasteiger partial charge is 0.497 e. The number of hydrogen-bond donors (Lipinski definition) is 2. The van der Waals surface area contributed by atoms with Gasteiger partial charge in [-0.05, 0) is 55.5 Å². The average molecular weight is 326 g/mol. The highest BCUT2D eigenvalue weighted by Gasteiger charge is 2.20. The number of aromatic nitrogens is 2. The van der Waals surface area contributed by atoms with Gasteiger partial charge in [0.05, 0.1) is 12.5 Å². The Hall–Kier alpha value is -2.34. The van der Waals surface area contributed by atoms with E-state index in [1.807, 2.05) is 24.3 Å². The lowest BCUT2D eigenvalue weighted by Crippen LogP contribution is -2.03. The van der Waals surface area contributed by atoms with E-state index >= 15 is 0 Å². The molecular weight excluding hydrogens is 308 g/mol. The van der Waals surface area contributed by atoms with Crippen molar-refractivity contribution in [2.45, 2.75) is 25.7 Å². The van der Waals surface area contributed by atoms with E-state index in [0.29, 0.717) is 5.95 Å². The molecule has 0 saturated carbocycles. The lowest BCUT2D eigenvalue weighted by Gasteiger charge is -2.13. The van der Waals surface area contributed by atoms with Crippen molar-refractivity contribution < 1.29 is 4.74 Å². The van der Waals surface area contributed by atoms with E-state index in [4.69, 9.17) is 10.5 Å². The third kappa shape index (κ3) is 2.59. The van der Waals surface area contributed by atoms with Crippen molar-refractivity contribution in [3.05, 3.63) is 34.7 Å². The van der Waals surface area contributed by atoms with Crippen molar-refractivity contribution in [2.75, 3.05) is 18.2 Å². The van der Waals surface area contributed by atoms with Crippen molar-refractivity contribution in [3.8, 4) is 5.75 Å². The fourth-order valence-electron chi connectivity index (χ4n) is 3.08. The van der Waals surface area contributed by atoms with Crippen LogP contribution in [0.5, 0.6) is 5.75 Å². The maximum atomic E-state index is 5.91. The van der Waals surface area contributed by atoms with Gasteiger partial charge in [-0.1, -0.05) is 0 Å². The Kier molecular flexibility index (Phi) is 3.53. The number of nitrogens with zero attached hydrogens (tertiary/aromatic N) is 2. The second-order valence-electron chi connectivity index (χ2n) is 5.67. The Morgan fingerprint density at radius 2 is 1.91 bits per heavy atom. The van der Waals surface area contributed by atoms with Crippen LogP contribution in [0.25, 0.3) is 10.2 Å². The predicted octanol–water partition coefficient (Wildman–Crippen LogP) is 3.90. The summed E-state index contributed by atoms with van der Waals surface area (Å²) in [4.78, 5) is 11.3. The molecule has 1 aromatic carbocycles. The zero-order valence-electron chi connectivity index (χ0n) is 12.9. The van der Waals surface area contributed by atoms with Crippen LogP contribution >= 0.6 is 11.3 Å². The molecule has 3 N–H and O–H groups in total. The lowest BCUT2D eigenvalue weighted by atomic mass is 9.97. The van der Waals surface area contributed by atoms with Crippen LogP contribution in [-0.4, -0.2) is 17.1 Å². The van der Waals surface area contributed by atoms with Crippen molar-refractivity contribution in [1.29, 1.82) is 0 Å². The molecule has 0 fully saturated rings. The number of nitrogens with two attached hydrogens (primary N) is 1. The van der Waals surface area contributed by atoms with E-state index in [1.54, 1.807) is 18.4 Å². The molecule has 0 bridgehead atoms. The number of fused-ring (bicyclic) bond motifs is 3. The first-order valence-electron chi connectivity index (χ1n) is 7.73. The van der Waals surface area contributed by atoms with Gasteiger partial charge in [0.15, 0.2) is 0 Å².